The Bertz CT molecular complexity index is 895. The Morgan fingerprint density at radius 3 is 2.08 bits per heavy atom. The molecule has 11 heteroatoms. The van der Waals surface area contributed by atoms with Crippen molar-refractivity contribution < 1.29 is 26.3 Å². The van der Waals surface area contributed by atoms with E-state index in [1.54, 1.807) is 6.92 Å². The summed E-state index contributed by atoms with van der Waals surface area (Å²) in [7, 11) is 0. The van der Waals surface area contributed by atoms with Crippen molar-refractivity contribution >= 4 is 17.3 Å². The lowest BCUT2D eigenvalue weighted by atomic mass is 10.1. The minimum atomic E-state index is -4.92. The summed E-state index contributed by atoms with van der Waals surface area (Å²) in [6, 6.07) is 2.67. The molecule has 0 aliphatic rings. The third-order valence-corrected chi connectivity index (χ3v) is 3.24. The van der Waals surface area contributed by atoms with Gasteiger partial charge in [0, 0.05) is 17.4 Å². The highest BCUT2D eigenvalue weighted by Crippen LogP contribution is 2.38. The average molecular weight is 361 g/mol. The van der Waals surface area contributed by atoms with Crippen molar-refractivity contribution in [3.63, 3.8) is 0 Å². The van der Waals surface area contributed by atoms with Crippen LogP contribution >= 0.6 is 0 Å². The Hall–Kier alpha value is -2.85. The second-order valence-electron chi connectivity index (χ2n) is 5.17. The highest BCUT2D eigenvalue weighted by atomic mass is 19.4. The largest absolute Gasteiger partial charge is 0.416 e. The Balaban J connectivity index is 2.11. The molecule has 1 N–H and O–H groups in total. The fraction of sp³-hybridized carbons (Fsp3) is 0.214. The van der Waals surface area contributed by atoms with Gasteiger partial charge in [0.15, 0.2) is 0 Å². The van der Waals surface area contributed by atoms with Gasteiger partial charge in [-0.2, -0.15) is 40.9 Å². The van der Waals surface area contributed by atoms with E-state index in [-0.39, 0.29) is 23.3 Å². The van der Waals surface area contributed by atoms with Gasteiger partial charge in [0.2, 0.25) is 0 Å². The Morgan fingerprint density at radius 2 is 1.52 bits per heavy atom. The normalized spacial score (nSPS) is 12.6. The summed E-state index contributed by atoms with van der Waals surface area (Å²) in [5, 5.41) is 6.35. The van der Waals surface area contributed by atoms with Crippen LogP contribution in [0.15, 0.2) is 30.6 Å². The van der Waals surface area contributed by atoms with E-state index in [1.807, 2.05) is 0 Å². The van der Waals surface area contributed by atoms with Gasteiger partial charge >= 0.3 is 12.4 Å². The van der Waals surface area contributed by atoms with Crippen LogP contribution in [0.3, 0.4) is 0 Å². The van der Waals surface area contributed by atoms with Crippen LogP contribution in [0.1, 0.15) is 16.8 Å². The number of benzene rings is 1. The molecule has 132 valence electrons. The van der Waals surface area contributed by atoms with E-state index in [0.717, 1.165) is 0 Å². The molecule has 0 aliphatic carbocycles. The van der Waals surface area contributed by atoms with Crippen LogP contribution in [0.4, 0.5) is 37.8 Å². The highest BCUT2D eigenvalue weighted by Gasteiger charge is 2.37. The first kappa shape index (κ1) is 17.0. The molecule has 0 atom stereocenters. The molecular weight excluding hydrogens is 352 g/mol. The van der Waals surface area contributed by atoms with Gasteiger partial charge < -0.3 is 5.32 Å². The van der Waals surface area contributed by atoms with E-state index in [0.29, 0.717) is 17.8 Å². The van der Waals surface area contributed by atoms with E-state index in [1.165, 1.54) is 16.9 Å². The van der Waals surface area contributed by atoms with Crippen molar-refractivity contribution in [1.29, 1.82) is 0 Å². The lowest BCUT2D eigenvalue weighted by Gasteiger charge is -2.15. The molecule has 0 fully saturated rings. The molecule has 2 aromatic heterocycles. The zero-order valence-electron chi connectivity index (χ0n) is 12.4. The number of aromatic nitrogens is 4. The van der Waals surface area contributed by atoms with Crippen LogP contribution in [0.2, 0.25) is 0 Å². The fourth-order valence-electron chi connectivity index (χ4n) is 2.19. The predicted octanol–water partition coefficient (Wildman–Crippen LogP) is 4.21. The van der Waals surface area contributed by atoms with E-state index in [2.05, 4.69) is 20.4 Å². The van der Waals surface area contributed by atoms with Crippen LogP contribution in [-0.2, 0) is 12.4 Å². The number of hydrogen-bond donors (Lipinski definition) is 1. The summed E-state index contributed by atoms with van der Waals surface area (Å²) in [5.74, 6) is 0.290. The molecule has 5 nitrogen and oxygen atoms in total. The second kappa shape index (κ2) is 5.60. The maximum Gasteiger partial charge on any atom is 0.416 e. The van der Waals surface area contributed by atoms with Gasteiger partial charge in [-0.25, -0.2) is 4.98 Å². The van der Waals surface area contributed by atoms with Gasteiger partial charge in [0.05, 0.1) is 11.1 Å². The molecule has 0 amide bonds. The predicted molar refractivity (Wildman–Crippen MR) is 75.2 cm³/mol. The molecular formula is C14H9F6N5. The van der Waals surface area contributed by atoms with Crippen LogP contribution in [0.25, 0.3) is 5.78 Å². The minimum absolute atomic E-state index is 0.0635. The van der Waals surface area contributed by atoms with Crippen molar-refractivity contribution in [1.82, 2.24) is 19.6 Å². The van der Waals surface area contributed by atoms with Gasteiger partial charge in [-0.1, -0.05) is 0 Å². The summed E-state index contributed by atoms with van der Waals surface area (Å²) < 4.78 is 78.6. The van der Waals surface area contributed by atoms with Gasteiger partial charge in [0.1, 0.15) is 12.1 Å². The zero-order valence-corrected chi connectivity index (χ0v) is 12.4. The number of fused-ring (bicyclic) bond motifs is 1. The number of halogens is 6. The molecule has 1 aromatic carbocycles. The van der Waals surface area contributed by atoms with Crippen molar-refractivity contribution in [3.05, 3.63) is 47.4 Å². The number of nitrogens with one attached hydrogen (secondary N) is 1. The first-order valence-corrected chi connectivity index (χ1v) is 6.78. The fourth-order valence-corrected chi connectivity index (χ4v) is 2.19. The molecule has 0 radical (unpaired) electrons. The van der Waals surface area contributed by atoms with Crippen LogP contribution < -0.4 is 5.32 Å². The van der Waals surface area contributed by atoms with E-state index in [4.69, 9.17) is 0 Å². The third kappa shape index (κ3) is 3.49. The van der Waals surface area contributed by atoms with Crippen molar-refractivity contribution in [3.8, 4) is 0 Å². The van der Waals surface area contributed by atoms with Crippen LogP contribution in [0, 0.1) is 6.92 Å². The lowest BCUT2D eigenvalue weighted by Crippen LogP contribution is -2.12. The molecule has 0 spiro atoms. The Kier molecular flexibility index (Phi) is 3.81. The minimum Gasteiger partial charge on any atom is -0.340 e. The first-order valence-electron chi connectivity index (χ1n) is 6.78. The van der Waals surface area contributed by atoms with Crippen molar-refractivity contribution in [2.75, 3.05) is 5.32 Å². The molecule has 2 heterocycles. The van der Waals surface area contributed by atoms with E-state index in [9.17, 15) is 26.3 Å². The number of aryl methyl sites for hydroxylation is 1. The number of anilines is 2. The molecule has 3 aromatic rings. The molecule has 0 saturated carbocycles. The zero-order chi connectivity index (χ0) is 18.4. The number of nitrogens with zero attached hydrogens (tertiary/aromatic N) is 4. The SMILES string of the molecule is Cc1cc(Nc2cc(C(F)(F)F)cc(C(F)(F)F)c2)n2ncnc2n1. The molecule has 25 heavy (non-hydrogen) atoms. The number of hydrogen-bond acceptors (Lipinski definition) is 4. The van der Waals surface area contributed by atoms with Crippen molar-refractivity contribution in [2.45, 2.75) is 19.3 Å². The maximum atomic E-state index is 12.9. The quantitative estimate of drug-likeness (QED) is 0.695. The van der Waals surface area contributed by atoms with Gasteiger partial charge in [-0.3, -0.25) is 0 Å². The van der Waals surface area contributed by atoms with E-state index >= 15 is 0 Å². The Morgan fingerprint density at radius 1 is 0.920 bits per heavy atom. The summed E-state index contributed by atoms with van der Waals surface area (Å²) in [6.07, 6.45) is -8.68. The average Bonchev–Trinajstić information content (AvgIpc) is 2.93. The van der Waals surface area contributed by atoms with Crippen LogP contribution in [-0.4, -0.2) is 19.6 Å². The summed E-state index contributed by atoms with van der Waals surface area (Å²) in [6.45, 7) is 1.60. The smallest absolute Gasteiger partial charge is 0.340 e. The first-order chi connectivity index (χ1) is 11.5. The molecule has 0 aliphatic heterocycles. The van der Waals surface area contributed by atoms with E-state index < -0.39 is 23.5 Å². The topological polar surface area (TPSA) is 55.1 Å². The van der Waals surface area contributed by atoms with Crippen LogP contribution in [0.5, 0.6) is 0 Å². The molecule has 3 rings (SSSR count). The maximum absolute atomic E-state index is 12.9. The summed E-state index contributed by atoms with van der Waals surface area (Å²) >= 11 is 0. The second-order valence-corrected chi connectivity index (χ2v) is 5.17. The molecule has 0 bridgehead atoms. The number of rotatable bonds is 2. The standard InChI is InChI=1S/C14H9F6N5/c1-7-2-11(25-12(23-7)21-6-22-25)24-10-4-8(13(15,16)17)3-9(5-10)14(18,19)20/h2-6,24H,1H3. The van der Waals surface area contributed by atoms with Crippen molar-refractivity contribution in [2.24, 2.45) is 0 Å². The molecule has 0 saturated heterocycles. The Labute approximate surface area is 136 Å². The van der Waals surface area contributed by atoms with Gasteiger partial charge in [-0.05, 0) is 25.1 Å². The van der Waals surface area contributed by atoms with Gasteiger partial charge in [0.25, 0.3) is 5.78 Å². The highest BCUT2D eigenvalue weighted by molar-refractivity contribution is 5.61. The third-order valence-electron chi connectivity index (χ3n) is 3.24. The monoisotopic (exact) mass is 361 g/mol. The summed E-state index contributed by atoms with van der Waals surface area (Å²) in [5.41, 5.74) is -2.74. The molecule has 0 unspecified atom stereocenters. The van der Waals surface area contributed by atoms with Gasteiger partial charge in [-0.15, -0.1) is 0 Å². The lowest BCUT2D eigenvalue weighted by molar-refractivity contribution is -0.143. The summed E-state index contributed by atoms with van der Waals surface area (Å²) in [4.78, 5) is 7.88. The number of alkyl halides is 6.